The van der Waals surface area contributed by atoms with Crippen LogP contribution in [0.2, 0.25) is 0 Å². The van der Waals surface area contributed by atoms with Crippen LogP contribution in [0.3, 0.4) is 0 Å². The maximum absolute atomic E-state index is 12.9. The number of carbonyl (C=O) groups is 1. The van der Waals surface area contributed by atoms with Crippen LogP contribution >= 0.6 is 11.6 Å². The summed E-state index contributed by atoms with van der Waals surface area (Å²) >= 11 is 5.72. The summed E-state index contributed by atoms with van der Waals surface area (Å²) in [5.41, 5.74) is 5.68. The Morgan fingerprint density at radius 2 is 2.23 bits per heavy atom. The molecule has 2 nitrogen and oxygen atoms in total. The standard InChI is InChI=1S/C9H9ClFNO/c1-5(13)8(10)6-3-2-4-7(11)9(6)12/h2-4,8H,12H2,1H3. The van der Waals surface area contributed by atoms with E-state index < -0.39 is 11.2 Å². The van der Waals surface area contributed by atoms with Gasteiger partial charge in [0.1, 0.15) is 11.2 Å². The third-order valence-corrected chi connectivity index (χ3v) is 2.26. The number of benzene rings is 1. The minimum absolute atomic E-state index is 0.0577. The molecule has 0 bridgehead atoms. The summed E-state index contributed by atoms with van der Waals surface area (Å²) < 4.78 is 12.9. The molecule has 0 fully saturated rings. The predicted molar refractivity (Wildman–Crippen MR) is 50.1 cm³/mol. The average molecular weight is 202 g/mol. The second-order valence-electron chi connectivity index (χ2n) is 2.72. The molecule has 2 N–H and O–H groups in total. The van der Waals surface area contributed by atoms with E-state index in [0.717, 1.165) is 0 Å². The lowest BCUT2D eigenvalue weighted by Crippen LogP contribution is -2.06. The van der Waals surface area contributed by atoms with E-state index >= 15 is 0 Å². The van der Waals surface area contributed by atoms with Gasteiger partial charge in [-0.25, -0.2) is 4.39 Å². The zero-order chi connectivity index (χ0) is 10.0. The Bertz CT molecular complexity index is 340. The Hall–Kier alpha value is -1.09. The van der Waals surface area contributed by atoms with Gasteiger partial charge in [-0.05, 0) is 13.0 Å². The van der Waals surface area contributed by atoms with Gasteiger partial charge >= 0.3 is 0 Å². The number of para-hydroxylation sites is 1. The van der Waals surface area contributed by atoms with Crippen LogP contribution < -0.4 is 5.73 Å². The maximum Gasteiger partial charge on any atom is 0.152 e. The summed E-state index contributed by atoms with van der Waals surface area (Å²) in [6, 6.07) is 4.24. The van der Waals surface area contributed by atoms with Crippen LogP contribution in [0.25, 0.3) is 0 Å². The van der Waals surface area contributed by atoms with Crippen molar-refractivity contribution in [3.8, 4) is 0 Å². The highest BCUT2D eigenvalue weighted by molar-refractivity contribution is 6.31. The van der Waals surface area contributed by atoms with Gasteiger partial charge in [0, 0.05) is 5.56 Å². The van der Waals surface area contributed by atoms with Crippen LogP contribution in [0, 0.1) is 5.82 Å². The lowest BCUT2D eigenvalue weighted by atomic mass is 10.1. The van der Waals surface area contributed by atoms with Gasteiger partial charge in [0.2, 0.25) is 0 Å². The number of hydrogen-bond donors (Lipinski definition) is 1. The van der Waals surface area contributed by atoms with Gasteiger partial charge in [0.15, 0.2) is 5.78 Å². The third kappa shape index (κ3) is 1.98. The average Bonchev–Trinajstić information content (AvgIpc) is 2.08. The van der Waals surface area contributed by atoms with Crippen LogP contribution in [0.15, 0.2) is 18.2 Å². The first-order chi connectivity index (χ1) is 6.04. The molecule has 0 heterocycles. The van der Waals surface area contributed by atoms with Crippen molar-refractivity contribution in [3.05, 3.63) is 29.6 Å². The fraction of sp³-hybridized carbons (Fsp3) is 0.222. The van der Waals surface area contributed by atoms with Crippen molar-refractivity contribution in [3.63, 3.8) is 0 Å². The smallest absolute Gasteiger partial charge is 0.152 e. The summed E-state index contributed by atoms with van der Waals surface area (Å²) in [7, 11) is 0. The fourth-order valence-corrected chi connectivity index (χ4v) is 1.18. The molecule has 1 aromatic rings. The predicted octanol–water partition coefficient (Wildman–Crippen LogP) is 2.28. The van der Waals surface area contributed by atoms with Crippen molar-refractivity contribution in [2.24, 2.45) is 0 Å². The second kappa shape index (κ2) is 3.75. The minimum Gasteiger partial charge on any atom is -0.396 e. The van der Waals surface area contributed by atoms with Gasteiger partial charge in [-0.15, -0.1) is 11.6 Å². The van der Waals surface area contributed by atoms with Crippen LogP contribution in [0.5, 0.6) is 0 Å². The highest BCUT2D eigenvalue weighted by Gasteiger charge is 2.17. The molecule has 4 heteroatoms. The van der Waals surface area contributed by atoms with Crippen LogP contribution in [-0.2, 0) is 4.79 Å². The number of rotatable bonds is 2. The monoisotopic (exact) mass is 201 g/mol. The number of nitrogens with two attached hydrogens (primary N) is 1. The number of hydrogen-bond acceptors (Lipinski definition) is 2. The van der Waals surface area contributed by atoms with Crippen molar-refractivity contribution in [1.29, 1.82) is 0 Å². The molecule has 0 saturated carbocycles. The molecule has 13 heavy (non-hydrogen) atoms. The van der Waals surface area contributed by atoms with E-state index in [4.69, 9.17) is 17.3 Å². The lowest BCUT2D eigenvalue weighted by molar-refractivity contribution is -0.116. The van der Waals surface area contributed by atoms with Crippen molar-refractivity contribution in [2.45, 2.75) is 12.3 Å². The molecule has 1 rings (SSSR count). The van der Waals surface area contributed by atoms with Crippen LogP contribution in [0.1, 0.15) is 17.9 Å². The van der Waals surface area contributed by atoms with Gasteiger partial charge in [-0.3, -0.25) is 4.79 Å². The first kappa shape index (κ1) is 9.99. The fourth-order valence-electron chi connectivity index (χ4n) is 0.994. The number of ketones is 1. The molecule has 0 spiro atoms. The van der Waals surface area contributed by atoms with Crippen molar-refractivity contribution >= 4 is 23.1 Å². The highest BCUT2D eigenvalue weighted by atomic mass is 35.5. The summed E-state index contributed by atoms with van der Waals surface area (Å²) in [6.07, 6.45) is 0. The normalized spacial score (nSPS) is 12.5. The second-order valence-corrected chi connectivity index (χ2v) is 3.15. The van der Waals surface area contributed by atoms with E-state index in [1.165, 1.54) is 25.1 Å². The maximum atomic E-state index is 12.9. The number of alkyl halides is 1. The van der Waals surface area contributed by atoms with Crippen molar-refractivity contribution < 1.29 is 9.18 Å². The van der Waals surface area contributed by atoms with Crippen molar-refractivity contribution in [1.82, 2.24) is 0 Å². The molecular weight excluding hydrogens is 193 g/mol. The molecule has 0 aliphatic carbocycles. The van der Waals surface area contributed by atoms with Crippen LogP contribution in [-0.4, -0.2) is 5.78 Å². The minimum atomic E-state index is -0.865. The first-order valence-electron chi connectivity index (χ1n) is 3.72. The zero-order valence-electron chi connectivity index (χ0n) is 7.05. The SMILES string of the molecule is CC(=O)C(Cl)c1cccc(F)c1N. The van der Waals surface area contributed by atoms with Gasteiger partial charge < -0.3 is 5.73 Å². The highest BCUT2D eigenvalue weighted by Crippen LogP contribution is 2.28. The molecule has 1 aromatic carbocycles. The van der Waals surface area contributed by atoms with Gasteiger partial charge in [-0.2, -0.15) is 0 Å². The molecule has 0 aromatic heterocycles. The van der Waals surface area contributed by atoms with E-state index in [1.807, 2.05) is 0 Å². The first-order valence-corrected chi connectivity index (χ1v) is 4.16. The van der Waals surface area contributed by atoms with Gasteiger partial charge in [0.05, 0.1) is 5.69 Å². The number of halogens is 2. The van der Waals surface area contributed by atoms with E-state index in [-0.39, 0.29) is 11.5 Å². The summed E-state index contributed by atoms with van der Waals surface area (Å²) in [5.74, 6) is -0.802. The molecular formula is C9H9ClFNO. The van der Waals surface area contributed by atoms with Gasteiger partial charge in [0.25, 0.3) is 0 Å². The quantitative estimate of drug-likeness (QED) is 0.589. The van der Waals surface area contributed by atoms with E-state index in [2.05, 4.69) is 0 Å². The molecule has 0 aliphatic rings. The van der Waals surface area contributed by atoms with Crippen molar-refractivity contribution in [2.75, 3.05) is 5.73 Å². The molecule has 0 aliphatic heterocycles. The molecule has 1 unspecified atom stereocenters. The Balaban J connectivity index is 3.15. The number of Topliss-reactive ketones (excluding diaryl/α,β-unsaturated/α-hetero) is 1. The molecule has 1 atom stereocenters. The number of anilines is 1. The molecule has 0 saturated heterocycles. The number of nitrogen functional groups attached to an aromatic ring is 1. The third-order valence-electron chi connectivity index (χ3n) is 1.72. The molecule has 0 radical (unpaired) electrons. The Kier molecular flexibility index (Phi) is 2.88. The largest absolute Gasteiger partial charge is 0.396 e. The summed E-state index contributed by atoms with van der Waals surface area (Å²) in [4.78, 5) is 10.9. The van der Waals surface area contributed by atoms with E-state index in [0.29, 0.717) is 5.56 Å². The van der Waals surface area contributed by atoms with Gasteiger partial charge in [-0.1, -0.05) is 12.1 Å². The Labute approximate surface area is 80.5 Å². The topological polar surface area (TPSA) is 43.1 Å². The summed E-state index contributed by atoms with van der Waals surface area (Å²) in [6.45, 7) is 1.34. The van der Waals surface area contributed by atoms with E-state index in [1.54, 1.807) is 0 Å². The Morgan fingerprint density at radius 1 is 1.62 bits per heavy atom. The number of carbonyl (C=O) groups excluding carboxylic acids is 1. The lowest BCUT2D eigenvalue weighted by Gasteiger charge is -2.09. The van der Waals surface area contributed by atoms with Crippen LogP contribution in [0.4, 0.5) is 10.1 Å². The zero-order valence-corrected chi connectivity index (χ0v) is 7.81. The van der Waals surface area contributed by atoms with E-state index in [9.17, 15) is 9.18 Å². The Morgan fingerprint density at radius 3 is 2.77 bits per heavy atom. The summed E-state index contributed by atoms with van der Waals surface area (Å²) in [5, 5.41) is -0.865. The molecule has 0 amide bonds. The molecule has 70 valence electrons.